The Labute approximate surface area is 201 Å². The Morgan fingerprint density at radius 3 is 2.06 bits per heavy atom. The number of aliphatic hydroxyl groups excluding tert-OH is 1. The lowest BCUT2D eigenvalue weighted by molar-refractivity contribution is -0.150. The number of methoxy groups -OCH3 is 1. The molecule has 34 heavy (non-hydrogen) atoms. The quantitative estimate of drug-likeness (QED) is 0.360. The predicted molar refractivity (Wildman–Crippen MR) is 132 cm³/mol. The first-order valence-electron chi connectivity index (χ1n) is 11.9. The van der Waals surface area contributed by atoms with E-state index in [0.717, 1.165) is 24.0 Å². The first-order valence-corrected chi connectivity index (χ1v) is 11.9. The summed E-state index contributed by atoms with van der Waals surface area (Å²) in [6.45, 7) is 1.08. The smallest absolute Gasteiger partial charge is 0.323 e. The van der Waals surface area contributed by atoms with Gasteiger partial charge in [0.15, 0.2) is 0 Å². The van der Waals surface area contributed by atoms with E-state index in [1.54, 1.807) is 0 Å². The number of aliphatic hydroxyl groups is 1. The first-order chi connectivity index (χ1) is 16.7. The minimum Gasteiger partial charge on any atom is -0.468 e. The predicted octanol–water partition coefficient (Wildman–Crippen LogP) is 4.40. The fourth-order valence-corrected chi connectivity index (χ4v) is 4.82. The minimum atomic E-state index is -0.896. The van der Waals surface area contributed by atoms with Crippen molar-refractivity contribution in [1.82, 2.24) is 4.90 Å². The zero-order chi connectivity index (χ0) is 23.8. The summed E-state index contributed by atoms with van der Waals surface area (Å²) in [6, 6.07) is 29.7. The molecule has 3 atom stereocenters. The van der Waals surface area contributed by atoms with Crippen molar-refractivity contribution in [2.24, 2.45) is 0 Å². The average molecular weight is 460 g/mol. The van der Waals surface area contributed by atoms with Crippen molar-refractivity contribution < 1.29 is 19.4 Å². The standard InChI is InChI=1S/C29H33NO4/c1-33-29(32)26-20-25(34-19-11-14-22-12-5-2-6-13-22)21-30(26)28(31)27(23-15-7-3-8-16-23)24-17-9-4-10-18-24/h2-10,12-13,15-18,25-28,31H,11,14,19-21H2,1H3/t25-,26-,28?/m1/s1. The maximum Gasteiger partial charge on any atom is 0.323 e. The zero-order valence-corrected chi connectivity index (χ0v) is 19.6. The molecule has 0 aliphatic carbocycles. The SMILES string of the molecule is COC(=O)[C@H]1C[C@@H](OCCCc2ccccc2)CN1C(O)C(c1ccccc1)c1ccccc1. The van der Waals surface area contributed by atoms with Crippen LogP contribution in [-0.2, 0) is 20.7 Å². The second-order valence-electron chi connectivity index (χ2n) is 8.77. The number of ether oxygens (including phenoxy) is 2. The maximum atomic E-state index is 12.7. The lowest BCUT2D eigenvalue weighted by Crippen LogP contribution is -2.47. The van der Waals surface area contributed by atoms with E-state index in [1.807, 2.05) is 83.8 Å². The zero-order valence-electron chi connectivity index (χ0n) is 19.6. The Morgan fingerprint density at radius 1 is 0.941 bits per heavy atom. The Morgan fingerprint density at radius 2 is 1.50 bits per heavy atom. The van der Waals surface area contributed by atoms with Crippen molar-refractivity contribution in [3.8, 4) is 0 Å². The van der Waals surface area contributed by atoms with Gasteiger partial charge in [0.2, 0.25) is 0 Å². The van der Waals surface area contributed by atoms with Crippen LogP contribution < -0.4 is 0 Å². The summed E-state index contributed by atoms with van der Waals surface area (Å²) in [5.74, 6) is -0.638. The molecule has 3 aromatic carbocycles. The molecule has 1 unspecified atom stereocenters. The van der Waals surface area contributed by atoms with Gasteiger partial charge in [-0.15, -0.1) is 0 Å². The van der Waals surface area contributed by atoms with E-state index in [-0.39, 0.29) is 18.0 Å². The van der Waals surface area contributed by atoms with Crippen LogP contribution in [0.5, 0.6) is 0 Å². The number of esters is 1. The molecule has 5 heteroatoms. The molecular formula is C29H33NO4. The van der Waals surface area contributed by atoms with Crippen LogP contribution in [0.2, 0.25) is 0 Å². The summed E-state index contributed by atoms with van der Waals surface area (Å²) < 4.78 is 11.3. The summed E-state index contributed by atoms with van der Waals surface area (Å²) in [7, 11) is 1.40. The Hall–Kier alpha value is -2.99. The van der Waals surface area contributed by atoms with E-state index in [2.05, 4.69) is 12.1 Å². The van der Waals surface area contributed by atoms with Gasteiger partial charge >= 0.3 is 5.97 Å². The number of carbonyl (C=O) groups excluding carboxylic acids is 1. The number of likely N-dealkylation sites (tertiary alicyclic amines) is 1. The second kappa shape index (κ2) is 11.9. The van der Waals surface area contributed by atoms with Crippen molar-refractivity contribution >= 4 is 5.97 Å². The highest BCUT2D eigenvalue weighted by Crippen LogP contribution is 2.34. The number of carbonyl (C=O) groups is 1. The van der Waals surface area contributed by atoms with Crippen LogP contribution in [0.15, 0.2) is 91.0 Å². The highest BCUT2D eigenvalue weighted by molar-refractivity contribution is 5.76. The number of rotatable bonds is 10. The van der Waals surface area contributed by atoms with Gasteiger partial charge in [0.1, 0.15) is 12.3 Å². The number of hydrogen-bond donors (Lipinski definition) is 1. The summed E-state index contributed by atoms with van der Waals surface area (Å²) in [5.41, 5.74) is 3.28. The molecule has 1 heterocycles. The highest BCUT2D eigenvalue weighted by atomic mass is 16.5. The lowest BCUT2D eigenvalue weighted by Gasteiger charge is -2.34. The van der Waals surface area contributed by atoms with Gasteiger partial charge in [-0.1, -0.05) is 91.0 Å². The molecule has 0 radical (unpaired) electrons. The van der Waals surface area contributed by atoms with E-state index in [9.17, 15) is 9.90 Å². The van der Waals surface area contributed by atoms with Gasteiger partial charge in [0.05, 0.1) is 13.2 Å². The molecule has 0 amide bonds. The molecule has 1 saturated heterocycles. The van der Waals surface area contributed by atoms with Gasteiger partial charge in [0, 0.05) is 25.5 Å². The monoisotopic (exact) mass is 459 g/mol. The third-order valence-electron chi connectivity index (χ3n) is 6.54. The molecule has 0 aromatic heterocycles. The molecule has 1 aliphatic heterocycles. The highest BCUT2D eigenvalue weighted by Gasteiger charge is 2.44. The normalized spacial score (nSPS) is 19.3. The van der Waals surface area contributed by atoms with Crippen LogP contribution in [0, 0.1) is 0 Å². The van der Waals surface area contributed by atoms with Crippen LogP contribution in [0.4, 0.5) is 0 Å². The van der Waals surface area contributed by atoms with Gasteiger partial charge in [-0.05, 0) is 29.5 Å². The largest absolute Gasteiger partial charge is 0.468 e. The molecule has 0 spiro atoms. The van der Waals surface area contributed by atoms with Gasteiger partial charge in [0.25, 0.3) is 0 Å². The molecule has 0 saturated carbocycles. The third-order valence-corrected chi connectivity index (χ3v) is 6.54. The first kappa shape index (κ1) is 24.1. The summed E-state index contributed by atoms with van der Waals surface area (Å²) in [6.07, 6.45) is 1.33. The number of aryl methyl sites for hydroxylation is 1. The molecule has 1 N–H and O–H groups in total. The van der Waals surface area contributed by atoms with Crippen molar-refractivity contribution in [2.45, 2.75) is 43.6 Å². The van der Waals surface area contributed by atoms with Crippen molar-refractivity contribution in [3.63, 3.8) is 0 Å². The van der Waals surface area contributed by atoms with E-state index >= 15 is 0 Å². The maximum absolute atomic E-state index is 12.7. The summed E-state index contributed by atoms with van der Waals surface area (Å²) >= 11 is 0. The minimum absolute atomic E-state index is 0.137. The van der Waals surface area contributed by atoms with Crippen LogP contribution >= 0.6 is 0 Å². The number of hydrogen-bond acceptors (Lipinski definition) is 5. The number of benzene rings is 3. The van der Waals surface area contributed by atoms with E-state index in [4.69, 9.17) is 9.47 Å². The van der Waals surface area contributed by atoms with Crippen LogP contribution in [0.1, 0.15) is 35.4 Å². The second-order valence-corrected chi connectivity index (χ2v) is 8.77. The van der Waals surface area contributed by atoms with Crippen LogP contribution in [0.3, 0.4) is 0 Å². The van der Waals surface area contributed by atoms with Gasteiger partial charge in [-0.3, -0.25) is 9.69 Å². The summed E-state index contributed by atoms with van der Waals surface area (Å²) in [4.78, 5) is 14.5. The van der Waals surface area contributed by atoms with E-state index < -0.39 is 12.3 Å². The average Bonchev–Trinajstić information content (AvgIpc) is 3.32. The number of nitrogens with zero attached hydrogens (tertiary/aromatic N) is 1. The molecule has 1 aliphatic rings. The van der Waals surface area contributed by atoms with Crippen LogP contribution in [0.25, 0.3) is 0 Å². The molecule has 4 rings (SSSR count). The molecule has 1 fully saturated rings. The molecular weight excluding hydrogens is 426 g/mol. The third kappa shape index (κ3) is 5.92. The Kier molecular flexibility index (Phi) is 8.47. The lowest BCUT2D eigenvalue weighted by atomic mass is 9.89. The van der Waals surface area contributed by atoms with Gasteiger partial charge in [-0.2, -0.15) is 0 Å². The van der Waals surface area contributed by atoms with Crippen molar-refractivity contribution in [3.05, 3.63) is 108 Å². The topological polar surface area (TPSA) is 59.0 Å². The van der Waals surface area contributed by atoms with Crippen LogP contribution in [-0.4, -0.2) is 54.6 Å². The Balaban J connectivity index is 1.47. The molecule has 0 bridgehead atoms. The fourth-order valence-electron chi connectivity index (χ4n) is 4.82. The van der Waals surface area contributed by atoms with Gasteiger partial charge < -0.3 is 14.6 Å². The van der Waals surface area contributed by atoms with Crippen molar-refractivity contribution in [2.75, 3.05) is 20.3 Å². The van der Waals surface area contributed by atoms with Crippen molar-refractivity contribution in [1.29, 1.82) is 0 Å². The van der Waals surface area contributed by atoms with E-state index in [0.29, 0.717) is 19.6 Å². The molecule has 3 aromatic rings. The van der Waals surface area contributed by atoms with Gasteiger partial charge in [-0.25, -0.2) is 0 Å². The van der Waals surface area contributed by atoms with E-state index in [1.165, 1.54) is 12.7 Å². The Bertz CT molecular complexity index is 973. The fraction of sp³-hybridized carbons (Fsp3) is 0.345. The summed E-state index contributed by atoms with van der Waals surface area (Å²) in [5, 5.41) is 11.6. The molecule has 178 valence electrons. The molecule has 5 nitrogen and oxygen atoms in total.